The molecule has 0 aromatic heterocycles. The third kappa shape index (κ3) is 3.52. The topological polar surface area (TPSA) is 44.4 Å². The number of thioether (sulfide) groups is 1. The van der Waals surface area contributed by atoms with Crippen LogP contribution in [0.25, 0.3) is 0 Å². The molecule has 0 aromatic carbocycles. The number of urea groups is 1. The van der Waals surface area contributed by atoms with Crippen molar-refractivity contribution >= 4 is 17.8 Å². The molecule has 2 atom stereocenters. The summed E-state index contributed by atoms with van der Waals surface area (Å²) in [4.78, 5) is 13.3. The highest BCUT2D eigenvalue weighted by molar-refractivity contribution is 7.99. The SMILES string of the molecule is CSC1CCCCC1NCCN1CCNC1=O. The molecule has 1 heterocycles. The van der Waals surface area contributed by atoms with Crippen molar-refractivity contribution in [2.75, 3.05) is 32.4 Å². The lowest BCUT2D eigenvalue weighted by atomic mass is 9.95. The molecule has 0 spiro atoms. The Morgan fingerprint density at radius 2 is 2.29 bits per heavy atom. The van der Waals surface area contributed by atoms with Gasteiger partial charge in [-0.15, -0.1) is 0 Å². The van der Waals surface area contributed by atoms with Crippen molar-refractivity contribution < 1.29 is 4.79 Å². The van der Waals surface area contributed by atoms with Crippen molar-refractivity contribution in [1.82, 2.24) is 15.5 Å². The molecule has 0 aromatic rings. The minimum absolute atomic E-state index is 0.0943. The van der Waals surface area contributed by atoms with E-state index in [1.54, 1.807) is 0 Å². The van der Waals surface area contributed by atoms with Crippen LogP contribution in [0.4, 0.5) is 4.79 Å². The second-order valence-corrected chi connectivity index (χ2v) is 5.92. The Labute approximate surface area is 108 Å². The largest absolute Gasteiger partial charge is 0.336 e. The zero-order valence-electron chi connectivity index (χ0n) is 10.6. The van der Waals surface area contributed by atoms with Crippen LogP contribution in [0.5, 0.6) is 0 Å². The maximum atomic E-state index is 11.4. The molecule has 2 N–H and O–H groups in total. The van der Waals surface area contributed by atoms with Gasteiger partial charge in [-0.25, -0.2) is 4.79 Å². The molecule has 17 heavy (non-hydrogen) atoms. The van der Waals surface area contributed by atoms with E-state index < -0.39 is 0 Å². The maximum Gasteiger partial charge on any atom is 0.317 e. The molecular formula is C12H23N3OS. The van der Waals surface area contributed by atoms with Gasteiger partial charge in [0.15, 0.2) is 0 Å². The van der Waals surface area contributed by atoms with Gasteiger partial charge >= 0.3 is 6.03 Å². The van der Waals surface area contributed by atoms with E-state index in [4.69, 9.17) is 0 Å². The van der Waals surface area contributed by atoms with Gasteiger partial charge < -0.3 is 15.5 Å². The zero-order chi connectivity index (χ0) is 12.1. The molecule has 2 fully saturated rings. The molecule has 2 aliphatic rings. The summed E-state index contributed by atoms with van der Waals surface area (Å²) in [6.07, 6.45) is 7.55. The minimum atomic E-state index is 0.0943. The number of carbonyl (C=O) groups excluding carboxylic acids is 1. The fourth-order valence-corrected chi connectivity index (χ4v) is 3.69. The highest BCUT2D eigenvalue weighted by atomic mass is 32.2. The van der Waals surface area contributed by atoms with Gasteiger partial charge in [-0.2, -0.15) is 11.8 Å². The average molecular weight is 257 g/mol. The molecule has 98 valence electrons. The number of nitrogens with zero attached hydrogens (tertiary/aromatic N) is 1. The van der Waals surface area contributed by atoms with Crippen LogP contribution in [0.2, 0.25) is 0 Å². The fourth-order valence-electron chi connectivity index (χ4n) is 2.72. The van der Waals surface area contributed by atoms with Crippen molar-refractivity contribution in [3.63, 3.8) is 0 Å². The normalized spacial score (nSPS) is 29.5. The molecule has 1 aliphatic carbocycles. The van der Waals surface area contributed by atoms with E-state index in [1.807, 2.05) is 16.7 Å². The first-order valence-electron chi connectivity index (χ1n) is 6.60. The van der Waals surface area contributed by atoms with Crippen LogP contribution in [0.15, 0.2) is 0 Å². The highest BCUT2D eigenvalue weighted by Gasteiger charge is 2.24. The molecule has 0 bridgehead atoms. The van der Waals surface area contributed by atoms with Crippen LogP contribution >= 0.6 is 11.8 Å². The van der Waals surface area contributed by atoms with Crippen molar-refractivity contribution in [2.24, 2.45) is 0 Å². The maximum absolute atomic E-state index is 11.4. The number of carbonyl (C=O) groups is 1. The molecule has 1 saturated carbocycles. The molecule has 2 amide bonds. The Morgan fingerprint density at radius 1 is 1.47 bits per heavy atom. The summed E-state index contributed by atoms with van der Waals surface area (Å²) in [5, 5.41) is 7.22. The van der Waals surface area contributed by atoms with E-state index in [-0.39, 0.29) is 6.03 Å². The van der Waals surface area contributed by atoms with Crippen LogP contribution in [-0.4, -0.2) is 54.7 Å². The summed E-state index contributed by atoms with van der Waals surface area (Å²) in [7, 11) is 0. The van der Waals surface area contributed by atoms with Crippen molar-refractivity contribution in [3.8, 4) is 0 Å². The van der Waals surface area contributed by atoms with E-state index >= 15 is 0 Å². The van der Waals surface area contributed by atoms with Crippen LogP contribution in [0.3, 0.4) is 0 Å². The van der Waals surface area contributed by atoms with Crippen molar-refractivity contribution in [2.45, 2.75) is 37.0 Å². The van der Waals surface area contributed by atoms with Crippen LogP contribution in [0, 0.1) is 0 Å². The predicted molar refractivity (Wildman–Crippen MR) is 72.5 cm³/mol. The lowest BCUT2D eigenvalue weighted by molar-refractivity contribution is 0.216. The van der Waals surface area contributed by atoms with E-state index in [1.165, 1.54) is 25.7 Å². The highest BCUT2D eigenvalue weighted by Crippen LogP contribution is 2.26. The minimum Gasteiger partial charge on any atom is -0.336 e. The third-order valence-corrected chi connectivity index (χ3v) is 4.91. The predicted octanol–water partition coefficient (Wildman–Crippen LogP) is 1.28. The van der Waals surface area contributed by atoms with Gasteiger partial charge in [0.25, 0.3) is 0 Å². The number of amides is 2. The third-order valence-electron chi connectivity index (χ3n) is 3.74. The Bertz CT molecular complexity index is 262. The molecule has 5 heteroatoms. The monoisotopic (exact) mass is 257 g/mol. The van der Waals surface area contributed by atoms with Gasteiger partial charge in [0.1, 0.15) is 0 Å². The quantitative estimate of drug-likeness (QED) is 0.780. The van der Waals surface area contributed by atoms with Gasteiger partial charge in [-0.1, -0.05) is 12.8 Å². The fraction of sp³-hybridized carbons (Fsp3) is 0.917. The Morgan fingerprint density at radius 3 is 3.00 bits per heavy atom. The number of hydrogen-bond acceptors (Lipinski definition) is 3. The van der Waals surface area contributed by atoms with Crippen LogP contribution in [0.1, 0.15) is 25.7 Å². The summed E-state index contributed by atoms with van der Waals surface area (Å²) in [6.45, 7) is 3.42. The summed E-state index contributed by atoms with van der Waals surface area (Å²) >= 11 is 1.98. The molecule has 4 nitrogen and oxygen atoms in total. The molecule has 2 unspecified atom stereocenters. The molecule has 2 rings (SSSR count). The van der Waals surface area contributed by atoms with Gasteiger partial charge in [-0.05, 0) is 19.1 Å². The Kier molecular flexibility index (Phi) is 4.98. The summed E-state index contributed by atoms with van der Waals surface area (Å²) in [5.41, 5.74) is 0. The van der Waals surface area contributed by atoms with E-state index in [0.717, 1.165) is 31.4 Å². The van der Waals surface area contributed by atoms with Gasteiger partial charge in [0.2, 0.25) is 0 Å². The molecule has 1 aliphatic heterocycles. The van der Waals surface area contributed by atoms with Gasteiger partial charge in [-0.3, -0.25) is 0 Å². The average Bonchev–Trinajstić information content (AvgIpc) is 2.76. The van der Waals surface area contributed by atoms with E-state index in [9.17, 15) is 4.79 Å². The first-order chi connectivity index (χ1) is 8.31. The lowest BCUT2D eigenvalue weighted by Crippen LogP contribution is -2.44. The standard InChI is InChI=1S/C12H23N3OS/c1-17-11-5-3-2-4-10(11)13-6-8-15-9-7-14-12(15)16/h10-11,13H,2-9H2,1H3,(H,14,16). The number of nitrogens with one attached hydrogen (secondary N) is 2. The number of rotatable bonds is 5. The number of hydrogen-bond donors (Lipinski definition) is 2. The van der Waals surface area contributed by atoms with Crippen LogP contribution in [-0.2, 0) is 0 Å². The van der Waals surface area contributed by atoms with Crippen molar-refractivity contribution in [1.29, 1.82) is 0 Å². The second kappa shape index (κ2) is 6.50. The van der Waals surface area contributed by atoms with Crippen LogP contribution < -0.4 is 10.6 Å². The first kappa shape index (κ1) is 13.0. The summed E-state index contributed by atoms with van der Waals surface area (Å²) in [5.74, 6) is 0. The lowest BCUT2D eigenvalue weighted by Gasteiger charge is -2.31. The summed E-state index contributed by atoms with van der Waals surface area (Å²) < 4.78 is 0. The zero-order valence-corrected chi connectivity index (χ0v) is 11.4. The van der Waals surface area contributed by atoms with Gasteiger partial charge in [0, 0.05) is 37.5 Å². The van der Waals surface area contributed by atoms with Crippen molar-refractivity contribution in [3.05, 3.63) is 0 Å². The first-order valence-corrected chi connectivity index (χ1v) is 7.89. The Hall–Kier alpha value is -0.420. The molecule has 1 saturated heterocycles. The smallest absolute Gasteiger partial charge is 0.317 e. The molecule has 0 radical (unpaired) electrons. The molecular weight excluding hydrogens is 234 g/mol. The van der Waals surface area contributed by atoms with E-state index in [2.05, 4.69) is 16.9 Å². The second-order valence-electron chi connectivity index (χ2n) is 4.84. The summed E-state index contributed by atoms with van der Waals surface area (Å²) in [6, 6.07) is 0.737. The van der Waals surface area contributed by atoms with E-state index in [0.29, 0.717) is 6.04 Å². The van der Waals surface area contributed by atoms with Gasteiger partial charge in [0.05, 0.1) is 0 Å². The Balaban J connectivity index is 1.68.